The number of hydrogen-bond acceptors (Lipinski definition) is 6. The van der Waals surface area contributed by atoms with Crippen LogP contribution in [0.3, 0.4) is 0 Å². The van der Waals surface area contributed by atoms with E-state index in [1.807, 2.05) is 0 Å². The zero-order valence-corrected chi connectivity index (χ0v) is 19.0. The van der Waals surface area contributed by atoms with E-state index < -0.39 is 0 Å². The van der Waals surface area contributed by atoms with Crippen LogP contribution in [0.1, 0.15) is 23.1 Å². The predicted octanol–water partition coefficient (Wildman–Crippen LogP) is 1.11. The predicted molar refractivity (Wildman–Crippen MR) is 119 cm³/mol. The van der Waals surface area contributed by atoms with Gasteiger partial charge in [0.15, 0.2) is 0 Å². The van der Waals surface area contributed by atoms with Gasteiger partial charge in [-0.2, -0.15) is 0 Å². The topological polar surface area (TPSA) is 77.2 Å². The molecule has 1 aromatic rings. The van der Waals surface area contributed by atoms with Crippen LogP contribution in [0.5, 0.6) is 0 Å². The molecule has 2 saturated heterocycles. The third-order valence-electron chi connectivity index (χ3n) is 5.62. The van der Waals surface area contributed by atoms with Gasteiger partial charge >= 0.3 is 6.03 Å². The van der Waals surface area contributed by atoms with Crippen LogP contribution >= 0.6 is 11.3 Å². The van der Waals surface area contributed by atoms with E-state index in [0.717, 1.165) is 63.8 Å². The number of ether oxygens (including phenoxy) is 1. The second-order valence-electron chi connectivity index (χ2n) is 8.11. The number of likely N-dealkylation sites (tertiary alicyclic amines) is 1. The van der Waals surface area contributed by atoms with Crippen LogP contribution in [-0.4, -0.2) is 98.3 Å². The summed E-state index contributed by atoms with van der Waals surface area (Å²) in [4.78, 5) is 33.2. The molecular weight excluding hydrogens is 402 g/mol. The number of carbonyl (C=O) groups is 2. The van der Waals surface area contributed by atoms with E-state index in [2.05, 4.69) is 39.5 Å². The van der Waals surface area contributed by atoms with Crippen molar-refractivity contribution in [2.24, 2.45) is 0 Å². The maximum atomic E-state index is 13.0. The number of morpholine rings is 1. The van der Waals surface area contributed by atoms with Crippen LogP contribution < -0.4 is 10.6 Å². The molecule has 2 N–H and O–H groups in total. The smallest absolute Gasteiger partial charge is 0.318 e. The quantitative estimate of drug-likeness (QED) is 0.605. The fraction of sp³-hybridized carbons (Fsp3) is 0.714. The SMILES string of the molecule is CC(=O)NCCN(Cc1ccc(C)s1)C(=O)NC1CCN(CCN2CCOCC2)C1. The molecule has 3 heterocycles. The molecule has 1 unspecified atom stereocenters. The highest BCUT2D eigenvalue weighted by Crippen LogP contribution is 2.17. The Bertz CT molecular complexity index is 692. The normalized spacial score (nSPS) is 20.3. The first-order valence-electron chi connectivity index (χ1n) is 10.9. The summed E-state index contributed by atoms with van der Waals surface area (Å²) in [7, 11) is 0. The van der Waals surface area contributed by atoms with E-state index in [9.17, 15) is 9.59 Å². The number of nitrogens with zero attached hydrogens (tertiary/aromatic N) is 3. The van der Waals surface area contributed by atoms with Crippen LogP contribution in [0.15, 0.2) is 12.1 Å². The summed E-state index contributed by atoms with van der Waals surface area (Å²) in [6, 6.07) is 4.27. The summed E-state index contributed by atoms with van der Waals surface area (Å²) in [6.45, 7) is 12.8. The second kappa shape index (κ2) is 11.6. The Labute approximate surface area is 183 Å². The number of amides is 3. The lowest BCUT2D eigenvalue weighted by Crippen LogP contribution is -2.48. The Morgan fingerprint density at radius 3 is 2.67 bits per heavy atom. The number of urea groups is 1. The van der Waals surface area contributed by atoms with Gasteiger partial charge in [0.2, 0.25) is 5.91 Å². The molecule has 168 valence electrons. The molecule has 0 bridgehead atoms. The molecule has 1 atom stereocenters. The molecule has 0 spiro atoms. The molecular formula is C21H35N5O3S. The summed E-state index contributed by atoms with van der Waals surface area (Å²) < 4.78 is 5.41. The van der Waals surface area contributed by atoms with E-state index in [1.165, 1.54) is 11.8 Å². The Kier molecular flexibility index (Phi) is 8.92. The van der Waals surface area contributed by atoms with Gasteiger partial charge in [0, 0.05) is 75.1 Å². The van der Waals surface area contributed by atoms with E-state index in [1.54, 1.807) is 16.2 Å². The Morgan fingerprint density at radius 1 is 1.20 bits per heavy atom. The van der Waals surface area contributed by atoms with Gasteiger partial charge in [-0.3, -0.25) is 14.6 Å². The van der Waals surface area contributed by atoms with Crippen molar-refractivity contribution in [3.8, 4) is 0 Å². The van der Waals surface area contributed by atoms with E-state index in [4.69, 9.17) is 4.74 Å². The zero-order valence-electron chi connectivity index (χ0n) is 18.2. The van der Waals surface area contributed by atoms with Crippen molar-refractivity contribution < 1.29 is 14.3 Å². The largest absolute Gasteiger partial charge is 0.379 e. The number of rotatable bonds is 9. The van der Waals surface area contributed by atoms with Crippen LogP contribution in [0.25, 0.3) is 0 Å². The molecule has 9 heteroatoms. The van der Waals surface area contributed by atoms with Crippen molar-refractivity contribution in [3.63, 3.8) is 0 Å². The Morgan fingerprint density at radius 2 is 1.97 bits per heavy atom. The fourth-order valence-corrected chi connectivity index (χ4v) is 4.81. The summed E-state index contributed by atoms with van der Waals surface area (Å²) in [5.74, 6) is -0.0750. The number of hydrogen-bond donors (Lipinski definition) is 2. The Hall–Kier alpha value is -1.68. The van der Waals surface area contributed by atoms with Crippen molar-refractivity contribution in [3.05, 3.63) is 21.9 Å². The number of aryl methyl sites for hydroxylation is 1. The van der Waals surface area contributed by atoms with Crippen molar-refractivity contribution in [1.82, 2.24) is 25.3 Å². The highest BCUT2D eigenvalue weighted by Gasteiger charge is 2.26. The molecule has 3 rings (SSSR count). The average Bonchev–Trinajstić information content (AvgIpc) is 3.34. The van der Waals surface area contributed by atoms with Gasteiger partial charge in [0.05, 0.1) is 19.8 Å². The van der Waals surface area contributed by atoms with Gasteiger partial charge in [0.25, 0.3) is 0 Å². The molecule has 0 saturated carbocycles. The first-order valence-corrected chi connectivity index (χ1v) is 11.7. The van der Waals surface area contributed by atoms with Gasteiger partial charge in [-0.1, -0.05) is 0 Å². The minimum atomic E-state index is -0.0750. The maximum Gasteiger partial charge on any atom is 0.318 e. The highest BCUT2D eigenvalue weighted by molar-refractivity contribution is 7.11. The number of nitrogens with one attached hydrogen (secondary N) is 2. The Balaban J connectivity index is 1.45. The molecule has 30 heavy (non-hydrogen) atoms. The minimum Gasteiger partial charge on any atom is -0.379 e. The summed E-state index contributed by atoms with van der Waals surface area (Å²) in [5, 5.41) is 6.01. The summed E-state index contributed by atoms with van der Waals surface area (Å²) in [5.41, 5.74) is 0. The first kappa shape index (κ1) is 23.0. The van der Waals surface area contributed by atoms with Crippen LogP contribution in [-0.2, 0) is 16.1 Å². The molecule has 2 aliphatic rings. The number of carbonyl (C=O) groups excluding carboxylic acids is 2. The van der Waals surface area contributed by atoms with E-state index in [0.29, 0.717) is 19.6 Å². The molecule has 0 aromatic carbocycles. The van der Waals surface area contributed by atoms with Crippen molar-refractivity contribution >= 4 is 23.3 Å². The molecule has 1 aromatic heterocycles. The van der Waals surface area contributed by atoms with Crippen molar-refractivity contribution in [2.75, 3.05) is 65.6 Å². The van der Waals surface area contributed by atoms with Crippen molar-refractivity contribution in [2.45, 2.75) is 32.9 Å². The first-order chi connectivity index (χ1) is 14.5. The third-order valence-corrected chi connectivity index (χ3v) is 6.61. The lowest BCUT2D eigenvalue weighted by atomic mass is 10.2. The van der Waals surface area contributed by atoms with Crippen molar-refractivity contribution in [1.29, 1.82) is 0 Å². The van der Waals surface area contributed by atoms with Gasteiger partial charge in [-0.15, -0.1) is 11.3 Å². The molecule has 2 aliphatic heterocycles. The monoisotopic (exact) mass is 437 g/mol. The maximum absolute atomic E-state index is 13.0. The highest BCUT2D eigenvalue weighted by atomic mass is 32.1. The number of thiophene rings is 1. The summed E-state index contributed by atoms with van der Waals surface area (Å²) in [6.07, 6.45) is 0.979. The lowest BCUT2D eigenvalue weighted by molar-refractivity contribution is -0.119. The van der Waals surface area contributed by atoms with Gasteiger partial charge < -0.3 is 20.3 Å². The zero-order chi connectivity index (χ0) is 21.3. The van der Waals surface area contributed by atoms with Crippen LogP contribution in [0.4, 0.5) is 4.79 Å². The molecule has 2 fully saturated rings. The fourth-order valence-electron chi connectivity index (χ4n) is 3.90. The van der Waals surface area contributed by atoms with Crippen LogP contribution in [0.2, 0.25) is 0 Å². The molecule has 8 nitrogen and oxygen atoms in total. The standard InChI is InChI=1S/C21H35N5O3S/c1-17-3-4-20(30-17)16-26(8-6-22-18(2)27)21(28)23-19-5-7-25(15-19)10-9-24-11-13-29-14-12-24/h3-4,19H,5-16H2,1-2H3,(H,22,27)(H,23,28). The molecule has 0 radical (unpaired) electrons. The average molecular weight is 438 g/mol. The van der Waals surface area contributed by atoms with E-state index >= 15 is 0 Å². The lowest BCUT2D eigenvalue weighted by Gasteiger charge is -2.28. The van der Waals surface area contributed by atoms with Gasteiger partial charge in [-0.05, 0) is 25.5 Å². The molecule has 0 aliphatic carbocycles. The van der Waals surface area contributed by atoms with Gasteiger partial charge in [0.1, 0.15) is 0 Å². The van der Waals surface area contributed by atoms with E-state index in [-0.39, 0.29) is 18.0 Å². The third kappa shape index (κ3) is 7.54. The molecule has 3 amide bonds. The second-order valence-corrected chi connectivity index (χ2v) is 9.48. The minimum absolute atomic E-state index is 0.0496. The van der Waals surface area contributed by atoms with Gasteiger partial charge in [-0.25, -0.2) is 4.79 Å². The van der Waals surface area contributed by atoms with Crippen LogP contribution in [0, 0.1) is 6.92 Å². The summed E-state index contributed by atoms with van der Waals surface area (Å²) >= 11 is 1.71.